The van der Waals surface area contributed by atoms with Crippen molar-refractivity contribution in [2.75, 3.05) is 11.9 Å². The van der Waals surface area contributed by atoms with Crippen LogP contribution in [0.4, 0.5) is 5.69 Å². The van der Waals surface area contributed by atoms with E-state index in [4.69, 9.17) is 10.5 Å². The van der Waals surface area contributed by atoms with E-state index in [-0.39, 0.29) is 5.91 Å². The molecule has 1 amide bonds. The Bertz CT molecular complexity index is 443. The summed E-state index contributed by atoms with van der Waals surface area (Å²) in [5.41, 5.74) is 8.64. The molecule has 0 radical (unpaired) electrons. The van der Waals surface area contributed by atoms with Crippen LogP contribution in [0, 0.1) is 0 Å². The molecule has 1 aliphatic rings. The van der Waals surface area contributed by atoms with E-state index in [1.54, 1.807) is 6.92 Å². The molecule has 17 heavy (non-hydrogen) atoms. The van der Waals surface area contributed by atoms with E-state index in [0.717, 1.165) is 29.8 Å². The Balaban J connectivity index is 2.46. The number of aryl methyl sites for hydroxylation is 1. The largest absolute Gasteiger partial charge is 0.478 e. The second-order valence-corrected chi connectivity index (χ2v) is 4.27. The highest BCUT2D eigenvalue weighted by molar-refractivity contribution is 5.97. The smallest absolute Gasteiger partial charge is 0.265 e. The van der Waals surface area contributed by atoms with Crippen molar-refractivity contribution in [3.8, 4) is 5.75 Å². The second kappa shape index (κ2) is 4.75. The van der Waals surface area contributed by atoms with Gasteiger partial charge in [-0.15, -0.1) is 0 Å². The number of hydrogen-bond acceptors (Lipinski definition) is 3. The molecule has 0 saturated carbocycles. The van der Waals surface area contributed by atoms with Crippen molar-refractivity contribution in [2.24, 2.45) is 5.73 Å². The monoisotopic (exact) mass is 234 g/mol. The van der Waals surface area contributed by atoms with E-state index in [0.29, 0.717) is 6.54 Å². The summed E-state index contributed by atoms with van der Waals surface area (Å²) >= 11 is 0. The van der Waals surface area contributed by atoms with Crippen LogP contribution in [0.2, 0.25) is 0 Å². The van der Waals surface area contributed by atoms with Gasteiger partial charge in [0.15, 0.2) is 6.10 Å². The zero-order valence-electron chi connectivity index (χ0n) is 10.2. The van der Waals surface area contributed by atoms with Crippen LogP contribution < -0.4 is 15.8 Å². The van der Waals surface area contributed by atoms with Gasteiger partial charge in [-0.1, -0.05) is 13.0 Å². The summed E-state index contributed by atoms with van der Waals surface area (Å²) < 4.78 is 5.66. The molecule has 0 aliphatic carbocycles. The van der Waals surface area contributed by atoms with E-state index >= 15 is 0 Å². The topological polar surface area (TPSA) is 64.3 Å². The number of fused-ring (bicyclic) bond motifs is 1. The molecule has 4 heteroatoms. The molecule has 1 aromatic carbocycles. The van der Waals surface area contributed by atoms with Gasteiger partial charge in [0.05, 0.1) is 5.69 Å². The molecule has 3 N–H and O–H groups in total. The van der Waals surface area contributed by atoms with Crippen molar-refractivity contribution in [3.05, 3.63) is 23.3 Å². The first-order chi connectivity index (χ1) is 8.15. The van der Waals surface area contributed by atoms with Gasteiger partial charge in [-0.2, -0.15) is 0 Å². The van der Waals surface area contributed by atoms with Gasteiger partial charge in [0, 0.05) is 0 Å². The molecule has 1 heterocycles. The fourth-order valence-electron chi connectivity index (χ4n) is 2.00. The lowest BCUT2D eigenvalue weighted by atomic mass is 10.0. The summed E-state index contributed by atoms with van der Waals surface area (Å²) in [5.74, 6) is 0.684. The number of hydrogen-bond donors (Lipinski definition) is 2. The molecule has 92 valence electrons. The lowest BCUT2D eigenvalue weighted by Crippen LogP contribution is -2.35. The van der Waals surface area contributed by atoms with Crippen LogP contribution >= 0.6 is 0 Å². The van der Waals surface area contributed by atoms with Crippen LogP contribution in [0.25, 0.3) is 0 Å². The summed E-state index contributed by atoms with van der Waals surface area (Å²) in [7, 11) is 0. The summed E-state index contributed by atoms with van der Waals surface area (Å²) in [5, 5.41) is 2.88. The van der Waals surface area contributed by atoms with Crippen molar-refractivity contribution in [1.82, 2.24) is 0 Å². The number of benzene rings is 1. The third-order valence-corrected chi connectivity index (χ3v) is 2.97. The molecule has 4 nitrogen and oxygen atoms in total. The fraction of sp³-hybridized carbons (Fsp3) is 0.462. The Labute approximate surface area is 101 Å². The molecular formula is C13H18N2O2. The van der Waals surface area contributed by atoms with Crippen molar-refractivity contribution < 1.29 is 9.53 Å². The molecular weight excluding hydrogens is 216 g/mol. The molecule has 1 aliphatic heterocycles. The Morgan fingerprint density at radius 2 is 2.24 bits per heavy atom. The Kier molecular flexibility index (Phi) is 3.33. The van der Waals surface area contributed by atoms with Crippen molar-refractivity contribution in [3.63, 3.8) is 0 Å². The lowest BCUT2D eigenvalue weighted by molar-refractivity contribution is -0.122. The number of nitrogens with one attached hydrogen (secondary N) is 1. The number of nitrogens with two attached hydrogens (primary N) is 1. The minimum absolute atomic E-state index is 0.0931. The van der Waals surface area contributed by atoms with Crippen molar-refractivity contribution in [2.45, 2.75) is 32.8 Å². The highest BCUT2D eigenvalue weighted by atomic mass is 16.5. The van der Waals surface area contributed by atoms with E-state index in [9.17, 15) is 4.79 Å². The Hall–Kier alpha value is -1.55. The molecule has 1 unspecified atom stereocenters. The number of amides is 1. The highest BCUT2D eigenvalue weighted by Crippen LogP contribution is 2.35. The zero-order valence-corrected chi connectivity index (χ0v) is 10.2. The van der Waals surface area contributed by atoms with E-state index in [1.807, 2.05) is 6.07 Å². The maximum atomic E-state index is 11.6. The minimum atomic E-state index is -0.438. The Morgan fingerprint density at radius 3 is 2.88 bits per heavy atom. The van der Waals surface area contributed by atoms with E-state index in [1.165, 1.54) is 5.56 Å². The third kappa shape index (κ3) is 2.26. The van der Waals surface area contributed by atoms with Crippen molar-refractivity contribution >= 4 is 11.6 Å². The number of rotatable bonds is 3. The van der Waals surface area contributed by atoms with Crippen LogP contribution in [0.3, 0.4) is 0 Å². The molecule has 0 bridgehead atoms. The fourth-order valence-corrected chi connectivity index (χ4v) is 2.00. The molecule has 0 aromatic heterocycles. The van der Waals surface area contributed by atoms with Gasteiger partial charge in [0.2, 0.25) is 0 Å². The minimum Gasteiger partial charge on any atom is -0.478 e. The molecule has 1 atom stereocenters. The van der Waals surface area contributed by atoms with Gasteiger partial charge in [-0.3, -0.25) is 4.79 Å². The van der Waals surface area contributed by atoms with Gasteiger partial charge in [-0.25, -0.2) is 0 Å². The van der Waals surface area contributed by atoms with E-state index in [2.05, 4.69) is 18.3 Å². The lowest BCUT2D eigenvalue weighted by Gasteiger charge is -2.26. The van der Waals surface area contributed by atoms with Gasteiger partial charge >= 0.3 is 0 Å². The summed E-state index contributed by atoms with van der Waals surface area (Å²) in [6.07, 6.45) is 1.25. The SMILES string of the molecule is CCc1cc(CCN)c2c(c1)NC(=O)C(C)O2. The molecule has 1 aromatic rings. The van der Waals surface area contributed by atoms with Crippen LogP contribution in [0.5, 0.6) is 5.75 Å². The number of ether oxygens (including phenoxy) is 1. The van der Waals surface area contributed by atoms with Gasteiger partial charge in [-0.05, 0) is 43.5 Å². The number of carbonyl (C=O) groups is 1. The van der Waals surface area contributed by atoms with Gasteiger partial charge < -0.3 is 15.8 Å². The molecule has 2 rings (SSSR count). The standard InChI is InChI=1S/C13H18N2O2/c1-3-9-6-10(4-5-14)12-11(7-9)15-13(16)8(2)17-12/h6-8H,3-5,14H2,1-2H3,(H,15,16). The first-order valence-electron chi connectivity index (χ1n) is 5.99. The van der Waals surface area contributed by atoms with Crippen LogP contribution in [0.1, 0.15) is 25.0 Å². The third-order valence-electron chi connectivity index (χ3n) is 2.97. The summed E-state index contributed by atoms with van der Waals surface area (Å²) in [6, 6.07) is 4.08. The number of carbonyl (C=O) groups excluding carboxylic acids is 1. The highest BCUT2D eigenvalue weighted by Gasteiger charge is 2.25. The first-order valence-corrected chi connectivity index (χ1v) is 5.99. The number of anilines is 1. The first kappa shape index (κ1) is 11.9. The zero-order chi connectivity index (χ0) is 12.4. The predicted octanol–water partition coefficient (Wildman–Crippen LogP) is 1.47. The normalized spacial score (nSPS) is 18.3. The van der Waals surface area contributed by atoms with Gasteiger partial charge in [0.1, 0.15) is 5.75 Å². The second-order valence-electron chi connectivity index (χ2n) is 4.27. The van der Waals surface area contributed by atoms with Gasteiger partial charge in [0.25, 0.3) is 5.91 Å². The summed E-state index contributed by atoms with van der Waals surface area (Å²) in [4.78, 5) is 11.6. The average Bonchev–Trinajstić information content (AvgIpc) is 2.31. The quantitative estimate of drug-likeness (QED) is 0.832. The molecule has 0 spiro atoms. The van der Waals surface area contributed by atoms with Crippen molar-refractivity contribution in [1.29, 1.82) is 0 Å². The van der Waals surface area contributed by atoms with Crippen LogP contribution in [-0.2, 0) is 17.6 Å². The maximum Gasteiger partial charge on any atom is 0.265 e. The summed E-state index contributed by atoms with van der Waals surface area (Å²) in [6.45, 7) is 4.41. The van der Waals surface area contributed by atoms with Crippen LogP contribution in [0.15, 0.2) is 12.1 Å². The average molecular weight is 234 g/mol. The predicted molar refractivity (Wildman–Crippen MR) is 67.3 cm³/mol. The van der Waals surface area contributed by atoms with E-state index < -0.39 is 6.10 Å². The van der Waals surface area contributed by atoms with Crippen LogP contribution in [-0.4, -0.2) is 18.6 Å². The Morgan fingerprint density at radius 1 is 1.47 bits per heavy atom. The molecule has 0 saturated heterocycles. The molecule has 0 fully saturated rings. The maximum absolute atomic E-state index is 11.6.